The molecule has 10 radical (unpaired) electrons. The summed E-state index contributed by atoms with van der Waals surface area (Å²) in [6, 6.07) is 10.8. The van der Waals surface area contributed by atoms with Crippen LogP contribution in [0, 0.1) is 117 Å². The van der Waals surface area contributed by atoms with Crippen molar-refractivity contribution in [2.75, 3.05) is 13.2 Å². The van der Waals surface area contributed by atoms with E-state index in [0.717, 1.165) is 13.2 Å². The molecule has 2 heteroatoms. The molecular weight excluding hydrogens is 425 g/mol. The van der Waals surface area contributed by atoms with Crippen molar-refractivity contribution in [1.29, 1.82) is 0 Å². The van der Waals surface area contributed by atoms with E-state index in [-0.39, 0.29) is 39.9 Å². The van der Waals surface area contributed by atoms with Crippen LogP contribution in [-0.4, -0.2) is 13.2 Å². The first-order chi connectivity index (χ1) is 10.9. The zero-order valence-corrected chi connectivity index (χ0v) is 15.9. The van der Waals surface area contributed by atoms with E-state index < -0.39 is 0 Å². The van der Waals surface area contributed by atoms with Crippen LogP contribution < -0.4 is 0 Å². The average molecular weight is 451 g/mol. The molecule has 3 fully saturated rings. The van der Waals surface area contributed by atoms with Crippen LogP contribution in [0.3, 0.4) is 0 Å². The molecule has 2 saturated carbocycles. The topological polar surface area (TPSA) is 9.23 Å². The Morgan fingerprint density at radius 2 is 1.04 bits per heavy atom. The van der Waals surface area contributed by atoms with Gasteiger partial charge in [-0.25, -0.2) is 0 Å². The molecule has 1 aromatic carbocycles. The zero-order valence-electron chi connectivity index (χ0n) is 13.7. The van der Waals surface area contributed by atoms with Gasteiger partial charge in [-0.2, -0.15) is 35.9 Å². The van der Waals surface area contributed by atoms with Gasteiger partial charge >= 0.3 is 0 Å². The summed E-state index contributed by atoms with van der Waals surface area (Å²) < 4.78 is 4.94. The van der Waals surface area contributed by atoms with E-state index in [1.54, 1.807) is 0 Å². The van der Waals surface area contributed by atoms with Crippen LogP contribution in [0.1, 0.15) is 18.4 Å². The van der Waals surface area contributed by atoms with E-state index in [9.17, 15) is 0 Å². The van der Waals surface area contributed by atoms with E-state index in [4.69, 9.17) is 4.74 Å². The largest absolute Gasteiger partial charge is 0.381 e. The van der Waals surface area contributed by atoms with Gasteiger partial charge in [0.05, 0.1) is 0 Å². The van der Waals surface area contributed by atoms with Crippen molar-refractivity contribution in [3.8, 4) is 0 Å². The quantitative estimate of drug-likeness (QED) is 0.524. The predicted octanol–water partition coefficient (Wildman–Crippen LogP) is 4.63. The number of benzene rings is 1. The molecule has 2 aliphatic carbocycles. The standard InChI is InChI=1S/C7H7.2C5H5.C4H8O.Gd/c1-7-5-3-2-4-6-7;3*1-2-4-5-3-1;/h3-6H,1H3;2*1-5H;1-4H2;/q-1;;;;. The number of aryl methyl sites for hydroxylation is 1. The Labute approximate surface area is 176 Å². The van der Waals surface area contributed by atoms with Crippen LogP contribution in [0.25, 0.3) is 0 Å². The molecule has 23 heavy (non-hydrogen) atoms. The second-order valence-corrected chi connectivity index (χ2v) is 4.82. The molecular formula is C21H25GdO-. The fraction of sp³-hybridized carbons (Fsp3) is 0.238. The van der Waals surface area contributed by atoms with Gasteiger partial charge in [0, 0.05) is 53.2 Å². The molecule has 4 rings (SSSR count). The molecule has 124 valence electrons. The smallest absolute Gasteiger partial charge is 0.0466 e. The molecule has 1 heterocycles. The predicted molar refractivity (Wildman–Crippen MR) is 93.1 cm³/mol. The van der Waals surface area contributed by atoms with Gasteiger partial charge in [-0.3, -0.25) is 0 Å². The third-order valence-corrected chi connectivity index (χ3v) is 2.82. The van der Waals surface area contributed by atoms with Crippen LogP contribution >= 0.6 is 0 Å². The van der Waals surface area contributed by atoms with Crippen molar-refractivity contribution in [2.45, 2.75) is 19.8 Å². The first-order valence-corrected chi connectivity index (χ1v) is 7.73. The molecule has 0 N–H and O–H groups in total. The molecule has 1 aromatic rings. The van der Waals surface area contributed by atoms with Gasteiger partial charge in [-0.05, 0) is 77.0 Å². The fourth-order valence-electron chi connectivity index (χ4n) is 1.62. The summed E-state index contributed by atoms with van der Waals surface area (Å²) in [4.78, 5) is 0. The number of ether oxygens (including phenoxy) is 1. The SMILES string of the molecule is C1CCOC1.Cc1cc[c-]cc1.[CH]1[CH][CH][CH][CH]1.[CH]1[CH][CH][CH][CH]1.[Gd]. The molecule has 1 aliphatic heterocycles. The van der Waals surface area contributed by atoms with E-state index in [2.05, 4.69) is 13.0 Å². The molecule has 0 unspecified atom stereocenters. The van der Waals surface area contributed by atoms with Gasteiger partial charge in [0.25, 0.3) is 0 Å². The van der Waals surface area contributed by atoms with Crippen molar-refractivity contribution >= 4 is 0 Å². The molecule has 1 saturated heterocycles. The minimum atomic E-state index is 0. The molecule has 0 spiro atoms. The first kappa shape index (κ1) is 23.5. The Bertz CT molecular complexity index is 267. The molecule has 0 aromatic heterocycles. The van der Waals surface area contributed by atoms with Crippen LogP contribution in [-0.2, 0) is 4.74 Å². The van der Waals surface area contributed by atoms with Crippen LogP contribution in [0.2, 0.25) is 0 Å². The summed E-state index contributed by atoms with van der Waals surface area (Å²) in [7, 11) is 0. The summed E-state index contributed by atoms with van der Waals surface area (Å²) in [5.41, 5.74) is 1.29. The third-order valence-electron chi connectivity index (χ3n) is 2.82. The molecule has 3 aliphatic rings. The van der Waals surface area contributed by atoms with E-state index >= 15 is 0 Å². The second kappa shape index (κ2) is 18.8. The average Bonchev–Trinajstić information content (AvgIpc) is 3.37. The van der Waals surface area contributed by atoms with E-state index in [1.807, 2.05) is 88.5 Å². The third kappa shape index (κ3) is 17.1. The van der Waals surface area contributed by atoms with Gasteiger partial charge in [-0.15, -0.1) is 0 Å². The Hall–Kier alpha value is 0.505. The number of rotatable bonds is 0. The van der Waals surface area contributed by atoms with Crippen molar-refractivity contribution in [1.82, 2.24) is 0 Å². The Balaban J connectivity index is 0.000000280. The Morgan fingerprint density at radius 1 is 0.696 bits per heavy atom. The van der Waals surface area contributed by atoms with Crippen molar-refractivity contribution in [2.24, 2.45) is 0 Å². The van der Waals surface area contributed by atoms with Crippen LogP contribution in [0.5, 0.6) is 0 Å². The number of hydrogen-bond donors (Lipinski definition) is 0. The molecule has 1 nitrogen and oxygen atoms in total. The maximum Gasteiger partial charge on any atom is 0.0466 e. The van der Waals surface area contributed by atoms with Crippen molar-refractivity contribution < 1.29 is 44.7 Å². The molecule has 0 bridgehead atoms. The molecule has 0 amide bonds. The summed E-state index contributed by atoms with van der Waals surface area (Å²) in [6.07, 6.45) is 22.6. The fourth-order valence-corrected chi connectivity index (χ4v) is 1.62. The van der Waals surface area contributed by atoms with Gasteiger partial charge in [-0.1, -0.05) is 6.92 Å². The minimum Gasteiger partial charge on any atom is -0.381 e. The van der Waals surface area contributed by atoms with Gasteiger partial charge in [0.1, 0.15) is 0 Å². The number of hydrogen-bond acceptors (Lipinski definition) is 1. The first-order valence-electron chi connectivity index (χ1n) is 7.73. The van der Waals surface area contributed by atoms with E-state index in [0.29, 0.717) is 0 Å². The van der Waals surface area contributed by atoms with Crippen molar-refractivity contribution in [3.05, 3.63) is 100 Å². The Kier molecular flexibility index (Phi) is 19.3. The van der Waals surface area contributed by atoms with E-state index in [1.165, 1.54) is 18.4 Å². The van der Waals surface area contributed by atoms with Crippen molar-refractivity contribution in [3.63, 3.8) is 0 Å². The minimum absolute atomic E-state index is 0. The summed E-state index contributed by atoms with van der Waals surface area (Å²) in [5, 5.41) is 0. The Morgan fingerprint density at radius 3 is 1.22 bits per heavy atom. The van der Waals surface area contributed by atoms with Gasteiger partial charge in [0.15, 0.2) is 0 Å². The van der Waals surface area contributed by atoms with Crippen LogP contribution in [0.15, 0.2) is 24.3 Å². The summed E-state index contributed by atoms with van der Waals surface area (Å²) in [5.74, 6) is 0. The van der Waals surface area contributed by atoms with Gasteiger partial charge < -0.3 is 4.74 Å². The van der Waals surface area contributed by atoms with Crippen LogP contribution in [0.4, 0.5) is 0 Å². The molecule has 0 atom stereocenters. The summed E-state index contributed by atoms with van der Waals surface area (Å²) in [6.45, 7) is 4.06. The normalized spacial score (nSPS) is 18.3. The monoisotopic (exact) mass is 451 g/mol. The maximum absolute atomic E-state index is 4.94. The van der Waals surface area contributed by atoms with Gasteiger partial charge in [0.2, 0.25) is 0 Å². The second-order valence-electron chi connectivity index (χ2n) is 4.82. The maximum atomic E-state index is 4.94. The summed E-state index contributed by atoms with van der Waals surface area (Å²) >= 11 is 0. The zero-order chi connectivity index (χ0) is 15.7.